The number of aliphatic hydroxyl groups is 1. The number of hydrogen-bond acceptors (Lipinski definition) is 2. The molecular formula is C12H18O2. The molecule has 2 rings (SSSR count). The van der Waals surface area contributed by atoms with Gasteiger partial charge in [-0.25, -0.2) is 0 Å². The molecule has 0 amide bonds. The first-order valence-electron chi connectivity index (χ1n) is 5.30. The molecule has 0 aliphatic heterocycles. The maximum absolute atomic E-state index is 10.0. The Morgan fingerprint density at radius 2 is 2.36 bits per heavy atom. The monoisotopic (exact) mass is 194 g/mol. The molecule has 2 heteroatoms. The predicted molar refractivity (Wildman–Crippen MR) is 55.8 cm³/mol. The predicted octanol–water partition coefficient (Wildman–Crippen LogP) is 2.40. The van der Waals surface area contributed by atoms with Gasteiger partial charge in [-0.15, -0.1) is 0 Å². The molecule has 0 aromatic heterocycles. The quantitative estimate of drug-likeness (QED) is 0.649. The number of ether oxygens (including phenoxy) is 1. The lowest BCUT2D eigenvalue weighted by atomic mass is 9.67. The Morgan fingerprint density at radius 3 is 3.07 bits per heavy atom. The second-order valence-electron chi connectivity index (χ2n) is 4.44. The standard InChI is InChI=1S/C12H18O2/c1-12-8-10(14-2)7-6-9(12)4-3-5-11(12)13/h6,8,11,13H,3-5,7H2,1-2H3/t11-,12+/m1/s1. The molecule has 2 nitrogen and oxygen atoms in total. The molecule has 0 bridgehead atoms. The molecule has 1 fully saturated rings. The van der Waals surface area contributed by atoms with Crippen molar-refractivity contribution < 1.29 is 9.84 Å². The van der Waals surface area contributed by atoms with Gasteiger partial charge in [-0.2, -0.15) is 0 Å². The van der Waals surface area contributed by atoms with Crippen LogP contribution in [0.2, 0.25) is 0 Å². The molecule has 0 aromatic carbocycles. The highest BCUT2D eigenvalue weighted by atomic mass is 16.5. The van der Waals surface area contributed by atoms with Gasteiger partial charge in [-0.3, -0.25) is 0 Å². The van der Waals surface area contributed by atoms with Gasteiger partial charge in [-0.05, 0) is 32.3 Å². The highest BCUT2D eigenvalue weighted by Gasteiger charge is 2.39. The lowest BCUT2D eigenvalue weighted by molar-refractivity contribution is 0.0604. The molecule has 0 aromatic rings. The Morgan fingerprint density at radius 1 is 1.57 bits per heavy atom. The second-order valence-corrected chi connectivity index (χ2v) is 4.44. The van der Waals surface area contributed by atoms with Crippen molar-refractivity contribution in [3.05, 3.63) is 23.5 Å². The largest absolute Gasteiger partial charge is 0.501 e. The van der Waals surface area contributed by atoms with Gasteiger partial charge in [0, 0.05) is 11.8 Å². The van der Waals surface area contributed by atoms with Crippen LogP contribution in [0.1, 0.15) is 32.6 Å². The van der Waals surface area contributed by atoms with Gasteiger partial charge in [0.15, 0.2) is 0 Å². The highest BCUT2D eigenvalue weighted by Crippen LogP contribution is 2.45. The zero-order chi connectivity index (χ0) is 10.2. The fourth-order valence-corrected chi connectivity index (χ4v) is 2.54. The smallest absolute Gasteiger partial charge is 0.0963 e. The summed E-state index contributed by atoms with van der Waals surface area (Å²) < 4.78 is 5.26. The number of allylic oxidation sites excluding steroid dienone is 1. The topological polar surface area (TPSA) is 29.5 Å². The summed E-state index contributed by atoms with van der Waals surface area (Å²) in [6.45, 7) is 2.11. The highest BCUT2D eigenvalue weighted by molar-refractivity contribution is 5.32. The van der Waals surface area contributed by atoms with Crippen LogP contribution in [-0.2, 0) is 4.74 Å². The number of fused-ring (bicyclic) bond motifs is 1. The molecule has 0 unspecified atom stereocenters. The Kier molecular flexibility index (Phi) is 2.40. The summed E-state index contributed by atoms with van der Waals surface area (Å²) in [5, 5.41) is 10.0. The molecule has 0 radical (unpaired) electrons. The molecule has 1 saturated carbocycles. The average Bonchev–Trinajstić information content (AvgIpc) is 2.19. The zero-order valence-corrected chi connectivity index (χ0v) is 8.92. The fraction of sp³-hybridized carbons (Fsp3) is 0.667. The van der Waals surface area contributed by atoms with Gasteiger partial charge in [0.1, 0.15) is 0 Å². The van der Waals surface area contributed by atoms with Crippen LogP contribution < -0.4 is 0 Å². The van der Waals surface area contributed by atoms with Gasteiger partial charge in [0.25, 0.3) is 0 Å². The van der Waals surface area contributed by atoms with Crippen molar-refractivity contribution in [2.24, 2.45) is 5.41 Å². The van der Waals surface area contributed by atoms with Crippen molar-refractivity contribution in [2.45, 2.75) is 38.7 Å². The molecular weight excluding hydrogens is 176 g/mol. The van der Waals surface area contributed by atoms with E-state index in [9.17, 15) is 5.11 Å². The summed E-state index contributed by atoms with van der Waals surface area (Å²) >= 11 is 0. The van der Waals surface area contributed by atoms with Crippen molar-refractivity contribution in [1.82, 2.24) is 0 Å². The second kappa shape index (κ2) is 3.43. The van der Waals surface area contributed by atoms with Crippen molar-refractivity contribution in [1.29, 1.82) is 0 Å². The summed E-state index contributed by atoms with van der Waals surface area (Å²) in [4.78, 5) is 0. The van der Waals surface area contributed by atoms with E-state index in [2.05, 4.69) is 19.1 Å². The maximum atomic E-state index is 10.0. The van der Waals surface area contributed by atoms with Crippen LogP contribution in [0.4, 0.5) is 0 Å². The third-order valence-corrected chi connectivity index (χ3v) is 3.58. The van der Waals surface area contributed by atoms with Crippen molar-refractivity contribution >= 4 is 0 Å². The van der Waals surface area contributed by atoms with E-state index in [4.69, 9.17) is 4.74 Å². The number of aliphatic hydroxyl groups excluding tert-OH is 1. The number of hydrogen-bond donors (Lipinski definition) is 1. The first kappa shape index (κ1) is 9.78. The third-order valence-electron chi connectivity index (χ3n) is 3.58. The van der Waals surface area contributed by atoms with Crippen molar-refractivity contribution in [2.75, 3.05) is 7.11 Å². The normalized spacial score (nSPS) is 36.9. The van der Waals surface area contributed by atoms with E-state index in [1.54, 1.807) is 7.11 Å². The lowest BCUT2D eigenvalue weighted by Crippen LogP contribution is -2.37. The summed E-state index contributed by atoms with van der Waals surface area (Å²) in [6.07, 6.45) is 8.11. The first-order valence-corrected chi connectivity index (χ1v) is 5.30. The fourth-order valence-electron chi connectivity index (χ4n) is 2.54. The molecule has 1 N–H and O–H groups in total. The van der Waals surface area contributed by atoms with Crippen LogP contribution in [0.5, 0.6) is 0 Å². The van der Waals surface area contributed by atoms with Gasteiger partial charge in [-0.1, -0.05) is 11.6 Å². The Balaban J connectivity index is 2.32. The van der Waals surface area contributed by atoms with Crippen molar-refractivity contribution in [3.63, 3.8) is 0 Å². The molecule has 14 heavy (non-hydrogen) atoms. The summed E-state index contributed by atoms with van der Waals surface area (Å²) in [5.74, 6) is 0.984. The van der Waals surface area contributed by atoms with E-state index in [0.717, 1.165) is 31.4 Å². The summed E-state index contributed by atoms with van der Waals surface area (Å²) in [5.41, 5.74) is 1.22. The number of rotatable bonds is 1. The van der Waals surface area contributed by atoms with Crippen LogP contribution in [0.3, 0.4) is 0 Å². The minimum atomic E-state index is -0.243. The van der Waals surface area contributed by atoms with Gasteiger partial charge in [0.2, 0.25) is 0 Å². The minimum absolute atomic E-state index is 0.165. The number of methoxy groups -OCH3 is 1. The molecule has 0 saturated heterocycles. The van der Waals surface area contributed by atoms with Gasteiger partial charge < -0.3 is 9.84 Å². The van der Waals surface area contributed by atoms with E-state index in [-0.39, 0.29) is 11.5 Å². The van der Waals surface area contributed by atoms with Crippen LogP contribution in [-0.4, -0.2) is 18.3 Å². The average molecular weight is 194 g/mol. The Hall–Kier alpha value is -0.760. The van der Waals surface area contributed by atoms with Crippen LogP contribution in [0, 0.1) is 5.41 Å². The van der Waals surface area contributed by atoms with E-state index in [1.165, 1.54) is 5.57 Å². The Labute approximate surface area is 85.3 Å². The van der Waals surface area contributed by atoms with Crippen molar-refractivity contribution in [3.8, 4) is 0 Å². The lowest BCUT2D eigenvalue weighted by Gasteiger charge is -2.41. The minimum Gasteiger partial charge on any atom is -0.501 e. The molecule has 2 aliphatic rings. The molecule has 78 valence electrons. The van der Waals surface area contributed by atoms with Crippen LogP contribution in [0.15, 0.2) is 23.5 Å². The maximum Gasteiger partial charge on any atom is 0.0963 e. The van der Waals surface area contributed by atoms with E-state index in [1.807, 2.05) is 0 Å². The summed E-state index contributed by atoms with van der Waals surface area (Å²) in [7, 11) is 1.70. The van der Waals surface area contributed by atoms with Crippen LogP contribution in [0.25, 0.3) is 0 Å². The molecule has 2 atom stereocenters. The zero-order valence-electron chi connectivity index (χ0n) is 8.92. The molecule has 2 aliphatic carbocycles. The summed E-state index contributed by atoms with van der Waals surface area (Å²) in [6, 6.07) is 0. The van der Waals surface area contributed by atoms with E-state index >= 15 is 0 Å². The molecule has 0 heterocycles. The van der Waals surface area contributed by atoms with Gasteiger partial charge in [0.05, 0.1) is 19.0 Å². The Bertz CT molecular complexity index is 291. The third kappa shape index (κ3) is 1.38. The SMILES string of the molecule is COC1=C[C@@]2(C)C(=CC1)CCC[C@H]2O. The van der Waals surface area contributed by atoms with Crippen LogP contribution >= 0.6 is 0 Å². The van der Waals surface area contributed by atoms with E-state index in [0.29, 0.717) is 0 Å². The first-order chi connectivity index (χ1) is 6.66. The molecule has 0 spiro atoms. The van der Waals surface area contributed by atoms with Gasteiger partial charge >= 0.3 is 0 Å². The van der Waals surface area contributed by atoms with E-state index < -0.39 is 0 Å².